The van der Waals surface area contributed by atoms with Gasteiger partial charge in [-0.1, -0.05) is 31.9 Å². The number of rotatable bonds is 3. The molecule has 6 aromatic rings. The monoisotopic (exact) mass is 606 g/mol. The Kier molecular flexibility index (Phi) is 5.39. The molecule has 0 bridgehead atoms. The van der Waals surface area contributed by atoms with Crippen molar-refractivity contribution < 1.29 is 22.8 Å². The molecule has 0 fully saturated rings. The van der Waals surface area contributed by atoms with Gasteiger partial charge >= 0.3 is 17.2 Å². The van der Waals surface area contributed by atoms with Gasteiger partial charge in [-0.3, -0.25) is 0 Å². The Morgan fingerprint density at radius 1 is 0.667 bits per heavy atom. The number of benzene rings is 3. The summed E-state index contributed by atoms with van der Waals surface area (Å²) in [6.45, 7) is 0. The van der Waals surface area contributed by atoms with Crippen LogP contribution in [-0.4, -0.2) is 5.97 Å². The van der Waals surface area contributed by atoms with Gasteiger partial charge in [0.15, 0.2) is 0 Å². The molecule has 3 aromatic carbocycles. The number of carbonyl (C=O) groups excluding carboxylic acids is 1. The predicted octanol–water partition coefficient (Wildman–Crippen LogP) is 7.06. The lowest BCUT2D eigenvalue weighted by Gasteiger charge is -2.08. The minimum Gasteiger partial charge on any atom is -0.449 e. The van der Waals surface area contributed by atoms with E-state index >= 15 is 0 Å². The Hall–Kier alpha value is -3.95. The Morgan fingerprint density at radius 3 is 2.11 bits per heavy atom. The average molecular weight is 608 g/mol. The third-order valence-electron chi connectivity index (χ3n) is 5.59. The van der Waals surface area contributed by atoms with Gasteiger partial charge in [0.05, 0.1) is 5.56 Å². The normalized spacial score (nSPS) is 11.4. The van der Waals surface area contributed by atoms with Crippen LogP contribution in [0.25, 0.3) is 44.0 Å². The first-order chi connectivity index (χ1) is 17.3. The van der Waals surface area contributed by atoms with Crippen molar-refractivity contribution in [3.8, 4) is 16.9 Å². The number of halogens is 2. The molecule has 0 amide bonds. The highest BCUT2D eigenvalue weighted by Gasteiger charge is 2.18. The summed E-state index contributed by atoms with van der Waals surface area (Å²) in [7, 11) is 0. The number of carbonyl (C=O) groups is 1. The zero-order valence-electron chi connectivity index (χ0n) is 18.0. The van der Waals surface area contributed by atoms with E-state index in [0.29, 0.717) is 27.5 Å². The van der Waals surface area contributed by atoms with Gasteiger partial charge < -0.3 is 18.0 Å². The average Bonchev–Trinajstić information content (AvgIpc) is 3.26. The van der Waals surface area contributed by atoms with Crippen LogP contribution < -0.4 is 16.0 Å². The second kappa shape index (κ2) is 8.61. The first-order valence-corrected chi connectivity index (χ1v) is 12.2. The fraction of sp³-hybridized carbons (Fsp3) is 0. The van der Waals surface area contributed by atoms with Crippen LogP contribution in [0, 0.1) is 0 Å². The molecular weight excluding hydrogens is 596 g/mol. The van der Waals surface area contributed by atoms with Gasteiger partial charge in [0.25, 0.3) is 0 Å². The molecule has 0 radical (unpaired) electrons. The molecule has 176 valence electrons. The number of hydrogen-bond acceptors (Lipinski definition) is 7. The van der Waals surface area contributed by atoms with Crippen LogP contribution in [0.3, 0.4) is 0 Å². The molecule has 0 aliphatic rings. The fourth-order valence-corrected chi connectivity index (χ4v) is 4.74. The lowest BCUT2D eigenvalue weighted by Crippen LogP contribution is -2.08. The van der Waals surface area contributed by atoms with Crippen molar-refractivity contribution in [2.75, 3.05) is 0 Å². The molecule has 0 saturated heterocycles. The molecule has 0 saturated carbocycles. The van der Waals surface area contributed by atoms with E-state index in [0.717, 1.165) is 14.3 Å². The first kappa shape index (κ1) is 22.5. The van der Waals surface area contributed by atoms with Crippen LogP contribution in [0.5, 0.6) is 5.75 Å². The van der Waals surface area contributed by atoms with Gasteiger partial charge in [0, 0.05) is 42.8 Å². The van der Waals surface area contributed by atoms with E-state index in [1.807, 2.05) is 12.1 Å². The van der Waals surface area contributed by atoms with E-state index in [1.54, 1.807) is 48.5 Å². The van der Waals surface area contributed by atoms with Crippen molar-refractivity contribution in [2.45, 2.75) is 0 Å². The van der Waals surface area contributed by atoms with Crippen LogP contribution >= 0.6 is 31.9 Å². The van der Waals surface area contributed by atoms with Gasteiger partial charge in [0.2, 0.25) is 5.76 Å². The van der Waals surface area contributed by atoms with Gasteiger partial charge in [-0.05, 0) is 60.7 Å². The summed E-state index contributed by atoms with van der Waals surface area (Å²) >= 11 is 6.79. The Labute approximate surface area is 218 Å². The summed E-state index contributed by atoms with van der Waals surface area (Å²) in [6, 6.07) is 19.7. The number of fused-ring (bicyclic) bond motifs is 3. The van der Waals surface area contributed by atoms with E-state index in [2.05, 4.69) is 31.9 Å². The summed E-state index contributed by atoms with van der Waals surface area (Å²) in [6.07, 6.45) is 0. The summed E-state index contributed by atoms with van der Waals surface area (Å²) < 4.78 is 23.5. The molecule has 7 nitrogen and oxygen atoms in total. The van der Waals surface area contributed by atoms with Crippen molar-refractivity contribution in [3.63, 3.8) is 0 Å². The minimum atomic E-state index is -0.707. The standard InChI is InChI=1S/C27H12Br2O7/c28-15-2-6-22-13(7-15)9-20(26(31)36-22)19-12-25(30)35-23-11-17(3-4-18(19)23)33-27(32)24-10-14-8-16(29)1-5-21(14)34-24/h1-12H. The topological polar surface area (TPSA) is 99.9 Å². The number of esters is 1. The molecule has 0 unspecified atom stereocenters. The molecule has 36 heavy (non-hydrogen) atoms. The van der Waals surface area contributed by atoms with Gasteiger partial charge in [-0.25, -0.2) is 14.4 Å². The maximum absolute atomic E-state index is 12.7. The zero-order valence-corrected chi connectivity index (χ0v) is 21.2. The van der Waals surface area contributed by atoms with Crippen LogP contribution in [-0.2, 0) is 0 Å². The van der Waals surface area contributed by atoms with Gasteiger partial charge in [-0.15, -0.1) is 0 Å². The second-order valence-corrected chi connectivity index (χ2v) is 9.78. The number of ether oxygens (including phenoxy) is 1. The Balaban J connectivity index is 1.40. The Morgan fingerprint density at radius 2 is 1.36 bits per heavy atom. The molecule has 9 heteroatoms. The van der Waals surface area contributed by atoms with E-state index < -0.39 is 17.2 Å². The van der Waals surface area contributed by atoms with Gasteiger partial charge in [0.1, 0.15) is 22.5 Å². The third kappa shape index (κ3) is 4.06. The molecule has 3 aromatic heterocycles. The molecule has 0 atom stereocenters. The molecule has 0 aliphatic carbocycles. The van der Waals surface area contributed by atoms with Crippen molar-refractivity contribution in [3.05, 3.63) is 108 Å². The van der Waals surface area contributed by atoms with E-state index in [1.165, 1.54) is 12.1 Å². The maximum Gasteiger partial charge on any atom is 0.379 e. The summed E-state index contributed by atoms with van der Waals surface area (Å²) in [5.74, 6) is -0.539. The van der Waals surface area contributed by atoms with E-state index in [4.69, 9.17) is 18.0 Å². The smallest absolute Gasteiger partial charge is 0.379 e. The third-order valence-corrected chi connectivity index (χ3v) is 6.58. The lowest BCUT2D eigenvalue weighted by molar-refractivity contribution is 0.0704. The van der Waals surface area contributed by atoms with E-state index in [9.17, 15) is 14.4 Å². The molecular formula is C27H12Br2O7. The lowest BCUT2D eigenvalue weighted by atomic mass is 10.0. The maximum atomic E-state index is 12.7. The quantitative estimate of drug-likeness (QED) is 0.121. The number of furan rings is 1. The molecule has 3 heterocycles. The fourth-order valence-electron chi connectivity index (χ4n) is 3.98. The number of hydrogen-bond donors (Lipinski definition) is 0. The van der Waals surface area contributed by atoms with Gasteiger partial charge in [-0.2, -0.15) is 0 Å². The Bertz CT molecular complexity index is 1960. The highest BCUT2D eigenvalue weighted by molar-refractivity contribution is 9.10. The predicted molar refractivity (Wildman–Crippen MR) is 141 cm³/mol. The van der Waals surface area contributed by atoms with Crippen molar-refractivity contribution in [1.82, 2.24) is 0 Å². The minimum absolute atomic E-state index is 0.0262. The zero-order chi connectivity index (χ0) is 25.0. The largest absolute Gasteiger partial charge is 0.449 e. The molecule has 0 spiro atoms. The highest BCUT2D eigenvalue weighted by atomic mass is 79.9. The van der Waals surface area contributed by atoms with Crippen LogP contribution in [0.1, 0.15) is 10.6 Å². The summed E-state index contributed by atoms with van der Waals surface area (Å²) in [5.41, 5.74) is 0.396. The molecule has 6 rings (SSSR count). The van der Waals surface area contributed by atoms with Crippen molar-refractivity contribution in [2.24, 2.45) is 0 Å². The molecule has 0 aliphatic heterocycles. The van der Waals surface area contributed by atoms with Crippen LogP contribution in [0.15, 0.2) is 105 Å². The summed E-state index contributed by atoms with van der Waals surface area (Å²) in [5, 5.41) is 1.90. The SMILES string of the molecule is O=C(Oc1ccc2c(-c3cc4cc(Br)ccc4oc3=O)cc(=O)oc2c1)c1cc2cc(Br)ccc2o1. The van der Waals surface area contributed by atoms with E-state index in [-0.39, 0.29) is 22.7 Å². The summed E-state index contributed by atoms with van der Waals surface area (Å²) in [4.78, 5) is 37.8. The van der Waals surface area contributed by atoms with Crippen molar-refractivity contribution in [1.29, 1.82) is 0 Å². The highest BCUT2D eigenvalue weighted by Crippen LogP contribution is 2.31. The first-order valence-electron chi connectivity index (χ1n) is 10.6. The molecule has 0 N–H and O–H groups in total. The van der Waals surface area contributed by atoms with Crippen molar-refractivity contribution >= 4 is 70.7 Å². The second-order valence-electron chi connectivity index (χ2n) is 7.95. The van der Waals surface area contributed by atoms with Crippen LogP contribution in [0.4, 0.5) is 0 Å². The van der Waals surface area contributed by atoms with Crippen LogP contribution in [0.2, 0.25) is 0 Å².